The minimum Gasteiger partial charge on any atom is -0.455 e. The van der Waals surface area contributed by atoms with Crippen LogP contribution < -0.4 is 10.1 Å². The molecular formula is C17H17N3O. The van der Waals surface area contributed by atoms with Crippen molar-refractivity contribution >= 4 is 10.9 Å². The molecule has 0 saturated carbocycles. The fourth-order valence-electron chi connectivity index (χ4n) is 2.26. The molecule has 0 aliphatic heterocycles. The standard InChI is InChI=1S/C17H17N3O/c1-12-9-16(14(10-18-2)11-20-12)21-15-7-3-5-13-6-4-8-19-17(13)15/h3-9,11,18H,10H2,1-2H3. The molecule has 2 aromatic heterocycles. The smallest absolute Gasteiger partial charge is 0.153 e. The predicted octanol–water partition coefficient (Wildman–Crippen LogP) is 3.45. The van der Waals surface area contributed by atoms with E-state index in [9.17, 15) is 0 Å². The second-order valence-corrected chi connectivity index (χ2v) is 4.90. The van der Waals surface area contributed by atoms with E-state index in [1.165, 1.54) is 0 Å². The van der Waals surface area contributed by atoms with Crippen LogP contribution in [-0.2, 0) is 6.54 Å². The summed E-state index contributed by atoms with van der Waals surface area (Å²) in [5.41, 5.74) is 2.82. The zero-order valence-electron chi connectivity index (χ0n) is 12.1. The molecule has 0 saturated heterocycles. The number of nitrogens with zero attached hydrogens (tertiary/aromatic N) is 2. The largest absolute Gasteiger partial charge is 0.455 e. The third-order valence-corrected chi connectivity index (χ3v) is 3.26. The lowest BCUT2D eigenvalue weighted by atomic mass is 10.2. The molecule has 1 aromatic carbocycles. The Balaban J connectivity index is 2.04. The molecule has 4 heteroatoms. The van der Waals surface area contributed by atoms with Crippen LogP contribution >= 0.6 is 0 Å². The van der Waals surface area contributed by atoms with Crippen molar-refractivity contribution in [2.45, 2.75) is 13.5 Å². The van der Waals surface area contributed by atoms with Gasteiger partial charge in [0.15, 0.2) is 5.75 Å². The number of aromatic nitrogens is 2. The number of nitrogens with one attached hydrogen (secondary N) is 1. The van der Waals surface area contributed by atoms with Gasteiger partial charge in [0.25, 0.3) is 0 Å². The number of aryl methyl sites for hydroxylation is 1. The molecule has 0 radical (unpaired) electrons. The highest BCUT2D eigenvalue weighted by Gasteiger charge is 2.09. The molecule has 4 nitrogen and oxygen atoms in total. The first-order chi connectivity index (χ1) is 10.3. The molecule has 0 bridgehead atoms. The molecular weight excluding hydrogens is 262 g/mol. The predicted molar refractivity (Wildman–Crippen MR) is 83.6 cm³/mol. The third-order valence-electron chi connectivity index (χ3n) is 3.26. The van der Waals surface area contributed by atoms with Crippen molar-refractivity contribution in [1.29, 1.82) is 0 Å². The van der Waals surface area contributed by atoms with Gasteiger partial charge in [-0.25, -0.2) is 0 Å². The van der Waals surface area contributed by atoms with Gasteiger partial charge in [-0.3, -0.25) is 9.97 Å². The van der Waals surface area contributed by atoms with Crippen LogP contribution in [0.5, 0.6) is 11.5 Å². The Bertz CT molecular complexity index is 766. The van der Waals surface area contributed by atoms with Gasteiger partial charge in [0.2, 0.25) is 0 Å². The highest BCUT2D eigenvalue weighted by molar-refractivity contribution is 5.84. The number of hydrogen-bond donors (Lipinski definition) is 1. The maximum absolute atomic E-state index is 6.11. The van der Waals surface area contributed by atoms with E-state index in [-0.39, 0.29) is 0 Å². The van der Waals surface area contributed by atoms with E-state index in [0.29, 0.717) is 6.54 Å². The fraction of sp³-hybridized carbons (Fsp3) is 0.176. The summed E-state index contributed by atoms with van der Waals surface area (Å²) < 4.78 is 6.11. The van der Waals surface area contributed by atoms with Gasteiger partial charge in [0.1, 0.15) is 11.3 Å². The van der Waals surface area contributed by atoms with E-state index < -0.39 is 0 Å². The summed E-state index contributed by atoms with van der Waals surface area (Å²) in [5.74, 6) is 1.58. The Kier molecular flexibility index (Phi) is 3.79. The Morgan fingerprint density at radius 3 is 2.81 bits per heavy atom. The lowest BCUT2D eigenvalue weighted by Crippen LogP contribution is -2.07. The summed E-state index contributed by atoms with van der Waals surface area (Å²) in [4.78, 5) is 8.75. The summed E-state index contributed by atoms with van der Waals surface area (Å²) >= 11 is 0. The lowest BCUT2D eigenvalue weighted by molar-refractivity contribution is 0.477. The van der Waals surface area contributed by atoms with Crippen LogP contribution in [0.15, 0.2) is 48.8 Å². The van der Waals surface area contributed by atoms with E-state index in [0.717, 1.165) is 33.7 Å². The maximum atomic E-state index is 6.11. The molecule has 0 unspecified atom stereocenters. The molecule has 3 rings (SSSR count). The molecule has 0 fully saturated rings. The zero-order valence-corrected chi connectivity index (χ0v) is 12.1. The van der Waals surface area contributed by atoms with Crippen LogP contribution in [0.4, 0.5) is 0 Å². The first-order valence-electron chi connectivity index (χ1n) is 6.89. The average molecular weight is 279 g/mol. The van der Waals surface area contributed by atoms with E-state index >= 15 is 0 Å². The lowest BCUT2D eigenvalue weighted by Gasteiger charge is -2.12. The molecule has 0 aliphatic carbocycles. The Labute approximate surface area is 123 Å². The van der Waals surface area contributed by atoms with Crippen LogP contribution in [0.2, 0.25) is 0 Å². The van der Waals surface area contributed by atoms with Gasteiger partial charge in [-0.15, -0.1) is 0 Å². The Morgan fingerprint density at radius 1 is 1.10 bits per heavy atom. The first-order valence-corrected chi connectivity index (χ1v) is 6.89. The fourth-order valence-corrected chi connectivity index (χ4v) is 2.26. The van der Waals surface area contributed by atoms with Crippen LogP contribution in [0.3, 0.4) is 0 Å². The second-order valence-electron chi connectivity index (χ2n) is 4.90. The molecule has 0 aliphatic rings. The number of pyridine rings is 2. The van der Waals surface area contributed by atoms with Crippen molar-refractivity contribution < 1.29 is 4.74 Å². The number of fused-ring (bicyclic) bond motifs is 1. The Morgan fingerprint density at radius 2 is 1.95 bits per heavy atom. The zero-order chi connectivity index (χ0) is 14.7. The number of para-hydroxylation sites is 1. The van der Waals surface area contributed by atoms with Crippen molar-refractivity contribution in [2.75, 3.05) is 7.05 Å². The minimum absolute atomic E-state index is 0.709. The van der Waals surface area contributed by atoms with E-state index in [2.05, 4.69) is 15.3 Å². The molecule has 21 heavy (non-hydrogen) atoms. The third kappa shape index (κ3) is 2.85. The molecule has 0 atom stereocenters. The number of benzene rings is 1. The number of ether oxygens (including phenoxy) is 1. The molecule has 106 valence electrons. The van der Waals surface area contributed by atoms with Gasteiger partial charge in [0, 0.05) is 41.6 Å². The highest BCUT2D eigenvalue weighted by Crippen LogP contribution is 2.30. The van der Waals surface area contributed by atoms with E-state index in [1.807, 2.05) is 56.6 Å². The monoisotopic (exact) mass is 279 g/mol. The number of rotatable bonds is 4. The topological polar surface area (TPSA) is 47.0 Å². The SMILES string of the molecule is CNCc1cnc(C)cc1Oc1cccc2cccnc12. The van der Waals surface area contributed by atoms with E-state index in [1.54, 1.807) is 6.20 Å². The number of hydrogen-bond acceptors (Lipinski definition) is 4. The van der Waals surface area contributed by atoms with Crippen molar-refractivity contribution in [3.8, 4) is 11.5 Å². The molecule has 3 aromatic rings. The van der Waals surface area contributed by atoms with E-state index in [4.69, 9.17) is 4.74 Å². The molecule has 1 N–H and O–H groups in total. The second kappa shape index (κ2) is 5.89. The molecule has 2 heterocycles. The van der Waals surface area contributed by atoms with Crippen LogP contribution in [0.1, 0.15) is 11.3 Å². The normalized spacial score (nSPS) is 10.8. The summed E-state index contributed by atoms with van der Waals surface area (Å²) in [5, 5.41) is 4.20. The van der Waals surface area contributed by atoms with Gasteiger partial charge in [-0.1, -0.05) is 18.2 Å². The summed E-state index contributed by atoms with van der Waals surface area (Å²) in [7, 11) is 1.91. The highest BCUT2D eigenvalue weighted by atomic mass is 16.5. The van der Waals surface area contributed by atoms with Crippen LogP contribution in [0.25, 0.3) is 10.9 Å². The average Bonchev–Trinajstić information content (AvgIpc) is 2.50. The summed E-state index contributed by atoms with van der Waals surface area (Å²) in [6.45, 7) is 2.66. The molecule has 0 spiro atoms. The molecule has 0 amide bonds. The van der Waals surface area contributed by atoms with Gasteiger partial charge >= 0.3 is 0 Å². The van der Waals surface area contributed by atoms with Gasteiger partial charge in [-0.2, -0.15) is 0 Å². The van der Waals surface area contributed by atoms with Crippen LogP contribution in [-0.4, -0.2) is 17.0 Å². The summed E-state index contributed by atoms with van der Waals surface area (Å²) in [6, 6.07) is 11.9. The first kappa shape index (κ1) is 13.5. The maximum Gasteiger partial charge on any atom is 0.153 e. The van der Waals surface area contributed by atoms with Crippen molar-refractivity contribution in [3.05, 3.63) is 60.0 Å². The summed E-state index contributed by atoms with van der Waals surface area (Å²) in [6.07, 6.45) is 3.63. The van der Waals surface area contributed by atoms with Crippen molar-refractivity contribution in [2.24, 2.45) is 0 Å². The van der Waals surface area contributed by atoms with Gasteiger partial charge in [-0.05, 0) is 26.1 Å². The van der Waals surface area contributed by atoms with Gasteiger partial charge < -0.3 is 10.1 Å². The van der Waals surface area contributed by atoms with Gasteiger partial charge in [0.05, 0.1) is 0 Å². The van der Waals surface area contributed by atoms with Crippen LogP contribution in [0, 0.1) is 6.92 Å². The van der Waals surface area contributed by atoms with Crippen molar-refractivity contribution in [1.82, 2.24) is 15.3 Å². The quantitative estimate of drug-likeness (QED) is 0.794. The van der Waals surface area contributed by atoms with Crippen molar-refractivity contribution in [3.63, 3.8) is 0 Å². The Hall–Kier alpha value is -2.46. The minimum atomic E-state index is 0.709.